The highest BCUT2D eigenvalue weighted by Crippen LogP contribution is 2.38. The molecule has 8 rings (SSSR count). The van der Waals surface area contributed by atoms with Crippen LogP contribution in [-0.4, -0.2) is 147 Å². The number of aliphatic hydroxyl groups is 1. The van der Waals surface area contributed by atoms with Crippen LogP contribution in [0.3, 0.4) is 0 Å². The maximum Gasteiger partial charge on any atom is 0.417 e. The number of alkyl halides is 3. The van der Waals surface area contributed by atoms with Crippen LogP contribution < -0.4 is 25.8 Å². The monoisotopic (exact) mass is 1120 g/mol. The molecule has 3 fully saturated rings. The minimum Gasteiger partial charge on any atom is -0.391 e. The lowest BCUT2D eigenvalue weighted by atomic mass is 9.85. The van der Waals surface area contributed by atoms with Gasteiger partial charge in [0.2, 0.25) is 29.6 Å². The molecule has 0 radical (unpaired) electrons. The van der Waals surface area contributed by atoms with Crippen LogP contribution in [0.2, 0.25) is 0 Å². The zero-order chi connectivity index (χ0) is 57.1. The second-order valence-electron chi connectivity index (χ2n) is 21.7. The lowest BCUT2D eigenvalue weighted by molar-refractivity contribution is -0.144. The summed E-state index contributed by atoms with van der Waals surface area (Å²) in [6, 6.07) is 10.1. The number of hydrogen-bond donors (Lipinski definition) is 4. The number of rotatable bonds is 15. The van der Waals surface area contributed by atoms with E-state index >= 15 is 4.39 Å². The first-order valence-electron chi connectivity index (χ1n) is 26.2. The smallest absolute Gasteiger partial charge is 0.391 e. The molecule has 422 valence electrons. The fourth-order valence-corrected chi connectivity index (χ4v) is 11.0. The van der Waals surface area contributed by atoms with Gasteiger partial charge >= 0.3 is 6.18 Å². The highest BCUT2D eigenvalue weighted by Gasteiger charge is 2.45. The van der Waals surface area contributed by atoms with E-state index in [1.807, 2.05) is 61.9 Å². The van der Waals surface area contributed by atoms with Crippen LogP contribution in [0.15, 0.2) is 72.5 Å². The molecule has 3 aliphatic rings. The van der Waals surface area contributed by atoms with Gasteiger partial charge in [0.05, 0.1) is 44.7 Å². The third-order valence-electron chi connectivity index (χ3n) is 14.9. The third-order valence-corrected chi connectivity index (χ3v) is 15.9. The second kappa shape index (κ2) is 24.1. The van der Waals surface area contributed by atoms with Crippen molar-refractivity contribution in [1.29, 1.82) is 0 Å². The molecule has 5 atom stereocenters. The molecule has 17 nitrogen and oxygen atoms in total. The predicted molar refractivity (Wildman–Crippen MR) is 290 cm³/mol. The number of thiazole rings is 1. The molecule has 3 saturated heterocycles. The van der Waals surface area contributed by atoms with Gasteiger partial charge in [-0.05, 0) is 81.1 Å². The van der Waals surface area contributed by atoms with E-state index in [1.165, 1.54) is 29.4 Å². The van der Waals surface area contributed by atoms with Gasteiger partial charge in [0.15, 0.2) is 0 Å². The fourth-order valence-electron chi connectivity index (χ4n) is 10.2. The summed E-state index contributed by atoms with van der Waals surface area (Å²) < 4.78 is 72.2. The van der Waals surface area contributed by atoms with Gasteiger partial charge in [-0.2, -0.15) is 13.2 Å². The number of carbonyl (C=O) groups excluding carboxylic acids is 5. The maximum atomic E-state index is 16.2. The van der Waals surface area contributed by atoms with Crippen molar-refractivity contribution in [3.05, 3.63) is 107 Å². The number of likely N-dealkylation sites (N-methyl/N-ethyl adjacent to an activating group) is 1. The number of aliphatic hydroxyl groups excluding tert-OH is 1. The number of anilines is 3. The van der Waals surface area contributed by atoms with Crippen LogP contribution in [-0.2, 0) is 31.9 Å². The standard InChI is InChI=1S/C56H66F5N11O6S/c1-32-28-71(29-33(2)68(32)7)45-24-43(58)41(23-44(45)66-51(76)40-16-15-38(57)21-42(40)56(59,60)61)37-26-63-54(64-27-37)70-19-17-69(18-20-70)48(75)10-8-9-47(74)67-50(55(4,5)6)53(78)72-30-39(73)22-46(72)52(77)62-25-35-11-13-36(14-12-35)49-34(3)65-31-79-49/h11-16,21,23-24,26-27,31-33,39,46,50,73H,8-10,17-20,22,25,28-30H2,1-7H3,(H,62,77)(H,66,76)(H,67,74)/t32-,33+,39-,46+,50-/m1/s1. The molecular formula is C56H66F5N11O6S. The lowest BCUT2D eigenvalue weighted by Crippen LogP contribution is -2.57. The topological polar surface area (TPSA) is 197 Å². The number of nitrogens with one attached hydrogen (secondary N) is 3. The minimum atomic E-state index is -5.03. The Bertz CT molecular complexity index is 3030. The molecule has 0 bridgehead atoms. The van der Waals surface area contributed by atoms with Crippen molar-refractivity contribution < 1.29 is 51.0 Å². The largest absolute Gasteiger partial charge is 0.417 e. The Morgan fingerprint density at radius 2 is 1.51 bits per heavy atom. The van der Waals surface area contributed by atoms with Gasteiger partial charge in [0.25, 0.3) is 5.91 Å². The summed E-state index contributed by atoms with van der Waals surface area (Å²) in [5.74, 6) is -4.23. The van der Waals surface area contributed by atoms with Crippen LogP contribution in [0.5, 0.6) is 0 Å². The Morgan fingerprint density at radius 3 is 2.13 bits per heavy atom. The number of amides is 5. The average molecular weight is 1120 g/mol. The zero-order valence-corrected chi connectivity index (χ0v) is 46.0. The number of hydrogen-bond acceptors (Lipinski definition) is 13. The molecular weight excluding hydrogens is 1050 g/mol. The molecule has 5 heterocycles. The van der Waals surface area contributed by atoms with E-state index in [9.17, 15) is 46.6 Å². The average Bonchev–Trinajstić information content (AvgIpc) is 4.05. The molecule has 5 amide bonds. The number of benzene rings is 3. The lowest BCUT2D eigenvalue weighted by Gasteiger charge is -2.44. The molecule has 0 spiro atoms. The number of likely N-dealkylation sites (tertiary alicyclic amines) is 1. The van der Waals surface area contributed by atoms with Crippen LogP contribution >= 0.6 is 11.3 Å². The first-order chi connectivity index (χ1) is 37.4. The van der Waals surface area contributed by atoms with E-state index in [0.717, 1.165) is 33.8 Å². The summed E-state index contributed by atoms with van der Waals surface area (Å²) in [6.45, 7) is 13.6. The number of carbonyl (C=O) groups is 5. The van der Waals surface area contributed by atoms with E-state index in [0.29, 0.717) is 45.2 Å². The molecule has 2 aromatic heterocycles. The first kappa shape index (κ1) is 58.0. The summed E-state index contributed by atoms with van der Waals surface area (Å²) in [4.78, 5) is 91.2. The minimum absolute atomic E-state index is 0.00767. The number of piperazine rings is 2. The van der Waals surface area contributed by atoms with Gasteiger partial charge in [-0.1, -0.05) is 45.0 Å². The molecule has 4 N–H and O–H groups in total. The van der Waals surface area contributed by atoms with Crippen LogP contribution in [0, 0.1) is 24.0 Å². The molecule has 23 heteroatoms. The van der Waals surface area contributed by atoms with Crippen molar-refractivity contribution in [3.8, 4) is 21.6 Å². The Hall–Kier alpha value is -7.11. The Kier molecular flexibility index (Phi) is 17.7. The maximum absolute atomic E-state index is 16.2. The van der Waals surface area contributed by atoms with Gasteiger partial charge < -0.3 is 40.7 Å². The van der Waals surface area contributed by atoms with Crippen molar-refractivity contribution in [1.82, 2.24) is 40.3 Å². The Morgan fingerprint density at radius 1 is 0.835 bits per heavy atom. The predicted octanol–water partition coefficient (Wildman–Crippen LogP) is 7.28. The van der Waals surface area contributed by atoms with Gasteiger partial charge in [-0.15, -0.1) is 11.3 Å². The number of aryl methyl sites for hydroxylation is 1. The van der Waals surface area contributed by atoms with Crippen LogP contribution in [0.4, 0.5) is 39.3 Å². The molecule has 3 aromatic carbocycles. The van der Waals surface area contributed by atoms with Crippen molar-refractivity contribution in [2.75, 3.05) is 68.0 Å². The van der Waals surface area contributed by atoms with Gasteiger partial charge in [0, 0.05) is 107 Å². The molecule has 0 aliphatic carbocycles. The van der Waals surface area contributed by atoms with E-state index in [2.05, 4.69) is 35.8 Å². The summed E-state index contributed by atoms with van der Waals surface area (Å²) in [5.41, 5.74) is 2.04. The molecule has 79 heavy (non-hydrogen) atoms. The molecule has 0 unspecified atom stereocenters. The van der Waals surface area contributed by atoms with Gasteiger partial charge in [-0.3, -0.25) is 28.9 Å². The number of nitrogens with zero attached hydrogens (tertiary/aromatic N) is 8. The molecule has 5 aromatic rings. The normalized spacial score (nSPS) is 19.6. The molecule has 0 saturated carbocycles. The highest BCUT2D eigenvalue weighted by molar-refractivity contribution is 7.13. The zero-order valence-electron chi connectivity index (χ0n) is 45.2. The molecule has 3 aliphatic heterocycles. The van der Waals surface area contributed by atoms with E-state index < -0.39 is 76.2 Å². The SMILES string of the molecule is Cc1ncsc1-c1ccc(CNC(=O)[C@@H]2C[C@@H](O)CN2C(=O)[C@@H](NC(=O)CCCC(=O)N2CCN(c3ncc(-c4cc(NC(=O)c5ccc(F)cc5C(F)(F)F)c(N5C[C@@H](C)N(C)[C@@H](C)C5)cc4F)cn3)CC2)C(C)(C)C)cc1. The van der Waals surface area contributed by atoms with Crippen LogP contribution in [0.25, 0.3) is 21.6 Å². The van der Waals surface area contributed by atoms with Crippen molar-refractivity contribution in [2.24, 2.45) is 5.41 Å². The summed E-state index contributed by atoms with van der Waals surface area (Å²) in [6.07, 6.45) is -2.90. The highest BCUT2D eigenvalue weighted by atomic mass is 32.1. The Labute approximate surface area is 459 Å². The summed E-state index contributed by atoms with van der Waals surface area (Å²) in [7, 11) is 1.95. The van der Waals surface area contributed by atoms with Crippen molar-refractivity contribution in [3.63, 3.8) is 0 Å². The van der Waals surface area contributed by atoms with E-state index in [4.69, 9.17) is 0 Å². The quantitative estimate of drug-likeness (QED) is 0.0767. The van der Waals surface area contributed by atoms with Gasteiger partial charge in [0.1, 0.15) is 23.7 Å². The van der Waals surface area contributed by atoms with E-state index in [-0.39, 0.29) is 85.3 Å². The Balaban J connectivity index is 0.842. The fraction of sp³-hybridized carbons (Fsp3) is 0.464. The third kappa shape index (κ3) is 13.7. The number of aromatic nitrogens is 3. The number of halogens is 5. The second-order valence-corrected chi connectivity index (χ2v) is 22.6. The van der Waals surface area contributed by atoms with Crippen molar-refractivity contribution in [2.45, 2.75) is 110 Å². The van der Waals surface area contributed by atoms with Crippen molar-refractivity contribution >= 4 is 58.2 Å². The van der Waals surface area contributed by atoms with Crippen LogP contribution in [0.1, 0.15) is 87.5 Å². The number of β-amino-alcohol motifs (C(OH)–C–C–N with tert-alkyl or cyclic N) is 1. The van der Waals surface area contributed by atoms with E-state index in [1.54, 1.807) is 42.5 Å². The van der Waals surface area contributed by atoms with Gasteiger partial charge in [-0.25, -0.2) is 23.7 Å². The summed E-state index contributed by atoms with van der Waals surface area (Å²) in [5, 5.41) is 18.9. The summed E-state index contributed by atoms with van der Waals surface area (Å²) >= 11 is 1.55. The first-order valence-corrected chi connectivity index (χ1v) is 27.1.